The van der Waals surface area contributed by atoms with Crippen molar-refractivity contribution in [2.45, 2.75) is 24.3 Å². The maximum atomic E-state index is 12.5. The number of amides is 2. The molecule has 6 N–H and O–H groups in total. The van der Waals surface area contributed by atoms with E-state index in [0.717, 1.165) is 16.0 Å². The quantitative estimate of drug-likeness (QED) is 0.234. The van der Waals surface area contributed by atoms with Gasteiger partial charge in [-0.1, -0.05) is 0 Å². The van der Waals surface area contributed by atoms with Crippen LogP contribution in [-0.2, 0) is 0 Å². The van der Waals surface area contributed by atoms with E-state index in [2.05, 4.69) is 4.98 Å². The van der Waals surface area contributed by atoms with Gasteiger partial charge in [0, 0.05) is 20.3 Å². The minimum absolute atomic E-state index is 0.0561. The van der Waals surface area contributed by atoms with Gasteiger partial charge in [-0.2, -0.15) is 0 Å². The Kier molecular flexibility index (Phi) is 9.38. The van der Waals surface area contributed by atoms with E-state index in [0.29, 0.717) is 0 Å². The van der Waals surface area contributed by atoms with Crippen molar-refractivity contribution >= 4 is 11.8 Å². The highest BCUT2D eigenvalue weighted by atomic mass is 16.3. The number of aliphatic hydroxyl groups is 6. The third kappa shape index (κ3) is 5.44. The van der Waals surface area contributed by atoms with Crippen molar-refractivity contribution in [3.05, 3.63) is 29.6 Å². The van der Waals surface area contributed by atoms with Crippen LogP contribution in [0.2, 0.25) is 0 Å². The lowest BCUT2D eigenvalue weighted by Gasteiger charge is -2.30. The molecule has 2 amide bonds. The van der Waals surface area contributed by atoms with E-state index in [9.17, 15) is 30.0 Å². The SMILES string of the molecule is CN(C(=O)c1ccc(C(=O)N(C)C(CO)C(O)CO)nc1)C(CO)C(O)CO. The highest BCUT2D eigenvalue weighted by Crippen LogP contribution is 2.12. The smallest absolute Gasteiger partial charge is 0.272 e. The Morgan fingerprint density at radius 1 is 0.857 bits per heavy atom. The minimum atomic E-state index is -1.33. The molecule has 0 saturated carbocycles. The van der Waals surface area contributed by atoms with Crippen molar-refractivity contribution in [1.82, 2.24) is 14.8 Å². The van der Waals surface area contributed by atoms with Crippen molar-refractivity contribution in [1.29, 1.82) is 0 Å². The lowest BCUT2D eigenvalue weighted by Crippen LogP contribution is -2.49. The zero-order valence-corrected chi connectivity index (χ0v) is 15.7. The molecule has 0 saturated heterocycles. The van der Waals surface area contributed by atoms with Crippen molar-refractivity contribution in [3.63, 3.8) is 0 Å². The molecule has 11 nitrogen and oxygen atoms in total. The van der Waals surface area contributed by atoms with Gasteiger partial charge in [0.05, 0.1) is 56.3 Å². The first-order valence-electron chi connectivity index (χ1n) is 8.53. The lowest BCUT2D eigenvalue weighted by atomic mass is 10.1. The molecule has 1 rings (SSSR count). The first-order chi connectivity index (χ1) is 13.2. The van der Waals surface area contributed by atoms with Crippen LogP contribution in [-0.4, -0.2) is 122 Å². The van der Waals surface area contributed by atoms with Crippen molar-refractivity contribution < 1.29 is 40.2 Å². The van der Waals surface area contributed by atoms with Crippen LogP contribution in [0.4, 0.5) is 0 Å². The second kappa shape index (κ2) is 11.0. The molecule has 0 aliphatic carbocycles. The summed E-state index contributed by atoms with van der Waals surface area (Å²) in [6.45, 7) is -2.40. The largest absolute Gasteiger partial charge is 0.394 e. The zero-order valence-electron chi connectivity index (χ0n) is 15.7. The number of likely N-dealkylation sites (N-methyl/N-ethyl adjacent to an activating group) is 2. The molecule has 1 aromatic rings. The van der Waals surface area contributed by atoms with Gasteiger partial charge in [-0.3, -0.25) is 14.6 Å². The third-order valence-electron chi connectivity index (χ3n) is 4.50. The number of hydrogen-bond donors (Lipinski definition) is 6. The fourth-order valence-electron chi connectivity index (χ4n) is 2.58. The first kappa shape index (κ1) is 23.9. The summed E-state index contributed by atoms with van der Waals surface area (Å²) in [4.78, 5) is 30.9. The van der Waals surface area contributed by atoms with Crippen molar-refractivity contribution in [2.24, 2.45) is 0 Å². The highest BCUT2D eigenvalue weighted by Gasteiger charge is 2.29. The minimum Gasteiger partial charge on any atom is -0.394 e. The Morgan fingerprint density at radius 2 is 1.32 bits per heavy atom. The molecule has 4 unspecified atom stereocenters. The van der Waals surface area contributed by atoms with Crippen LogP contribution >= 0.6 is 0 Å². The normalized spacial score (nSPS) is 15.4. The average molecular weight is 401 g/mol. The molecule has 0 aromatic carbocycles. The second-order valence-corrected chi connectivity index (χ2v) is 6.26. The lowest BCUT2D eigenvalue weighted by molar-refractivity contribution is -0.00102. The van der Waals surface area contributed by atoms with Crippen LogP contribution in [0.3, 0.4) is 0 Å². The van der Waals surface area contributed by atoms with Gasteiger partial charge in [-0.25, -0.2) is 0 Å². The van der Waals surface area contributed by atoms with Gasteiger partial charge in [0.2, 0.25) is 0 Å². The Bertz CT molecular complexity index is 587. The summed E-state index contributed by atoms with van der Waals surface area (Å²) in [5.74, 6) is -1.22. The number of aromatic nitrogens is 1. The van der Waals surface area contributed by atoms with Crippen LogP contribution in [0.5, 0.6) is 0 Å². The number of aliphatic hydroxyl groups excluding tert-OH is 6. The van der Waals surface area contributed by atoms with E-state index in [1.54, 1.807) is 0 Å². The number of carbonyl (C=O) groups excluding carboxylic acids is 2. The summed E-state index contributed by atoms with van der Waals surface area (Å²) in [5.41, 5.74) is 0.0267. The first-order valence-corrected chi connectivity index (χ1v) is 8.53. The number of hydrogen-bond acceptors (Lipinski definition) is 9. The van der Waals surface area contributed by atoms with Gasteiger partial charge in [-0.05, 0) is 12.1 Å². The van der Waals surface area contributed by atoms with Gasteiger partial charge in [0.25, 0.3) is 11.8 Å². The van der Waals surface area contributed by atoms with Crippen LogP contribution in [0.25, 0.3) is 0 Å². The predicted molar refractivity (Wildman–Crippen MR) is 96.4 cm³/mol. The summed E-state index contributed by atoms with van der Waals surface area (Å²) >= 11 is 0. The predicted octanol–water partition coefficient (Wildman–Crippen LogP) is -3.35. The van der Waals surface area contributed by atoms with Crippen molar-refractivity contribution in [2.75, 3.05) is 40.5 Å². The van der Waals surface area contributed by atoms with Gasteiger partial charge in [-0.15, -0.1) is 0 Å². The van der Waals surface area contributed by atoms with Gasteiger partial charge in [0.15, 0.2) is 0 Å². The van der Waals surface area contributed by atoms with Gasteiger partial charge in [0.1, 0.15) is 5.69 Å². The van der Waals surface area contributed by atoms with Crippen LogP contribution in [0.15, 0.2) is 18.3 Å². The van der Waals surface area contributed by atoms with E-state index in [1.165, 1.54) is 26.2 Å². The Hall–Kier alpha value is -2.15. The molecular formula is C17H27N3O8. The summed E-state index contributed by atoms with van der Waals surface area (Å²) in [7, 11) is 2.68. The molecule has 158 valence electrons. The topological polar surface area (TPSA) is 175 Å². The van der Waals surface area contributed by atoms with Crippen LogP contribution in [0, 0.1) is 0 Å². The molecule has 1 heterocycles. The average Bonchev–Trinajstić information content (AvgIpc) is 2.72. The summed E-state index contributed by atoms with van der Waals surface area (Å²) in [6.07, 6.45) is -1.52. The van der Waals surface area contributed by atoms with E-state index in [1.807, 2.05) is 0 Å². The van der Waals surface area contributed by atoms with E-state index < -0.39 is 62.5 Å². The standard InChI is InChI=1S/C17H27N3O8/c1-19(12(6-21)14(25)8-23)16(27)10-3-4-11(18-5-10)17(28)20(2)13(7-22)15(26)9-24/h3-5,12-15,21-26H,6-9H2,1-2H3. The Labute approximate surface area is 162 Å². The third-order valence-corrected chi connectivity index (χ3v) is 4.50. The molecular weight excluding hydrogens is 374 g/mol. The number of rotatable bonds is 10. The highest BCUT2D eigenvalue weighted by molar-refractivity contribution is 5.96. The van der Waals surface area contributed by atoms with Crippen LogP contribution in [0.1, 0.15) is 20.8 Å². The molecule has 0 aliphatic rings. The van der Waals surface area contributed by atoms with E-state index in [-0.39, 0.29) is 11.3 Å². The molecule has 11 heteroatoms. The molecule has 0 spiro atoms. The molecule has 0 fully saturated rings. The monoisotopic (exact) mass is 401 g/mol. The number of carbonyl (C=O) groups is 2. The second-order valence-electron chi connectivity index (χ2n) is 6.26. The molecule has 0 bridgehead atoms. The Balaban J connectivity index is 2.95. The molecule has 0 radical (unpaired) electrons. The summed E-state index contributed by atoms with van der Waals surface area (Å²) in [6, 6.07) is 0.548. The fraction of sp³-hybridized carbons (Fsp3) is 0.588. The van der Waals surface area contributed by atoms with Gasteiger partial charge < -0.3 is 40.4 Å². The molecule has 1 aromatic heterocycles. The number of pyridine rings is 1. The fourth-order valence-corrected chi connectivity index (χ4v) is 2.58. The maximum absolute atomic E-state index is 12.5. The molecule has 28 heavy (non-hydrogen) atoms. The van der Waals surface area contributed by atoms with E-state index >= 15 is 0 Å². The van der Waals surface area contributed by atoms with Gasteiger partial charge >= 0.3 is 0 Å². The summed E-state index contributed by atoms with van der Waals surface area (Å²) in [5, 5.41) is 56.0. The molecule has 4 atom stereocenters. The Morgan fingerprint density at radius 3 is 1.68 bits per heavy atom. The van der Waals surface area contributed by atoms with Crippen molar-refractivity contribution in [3.8, 4) is 0 Å². The number of nitrogens with zero attached hydrogens (tertiary/aromatic N) is 3. The molecule has 0 aliphatic heterocycles. The van der Waals surface area contributed by atoms with Crippen LogP contribution < -0.4 is 0 Å². The maximum Gasteiger partial charge on any atom is 0.272 e. The summed E-state index contributed by atoms with van der Waals surface area (Å²) < 4.78 is 0. The van der Waals surface area contributed by atoms with E-state index in [4.69, 9.17) is 10.2 Å². The zero-order chi connectivity index (χ0) is 21.4.